The van der Waals surface area contributed by atoms with Gasteiger partial charge in [-0.3, -0.25) is 4.79 Å². The van der Waals surface area contributed by atoms with E-state index in [0.717, 1.165) is 34.1 Å². The Labute approximate surface area is 186 Å². The highest BCUT2D eigenvalue weighted by atomic mass is 16.5. The molecule has 2 aromatic heterocycles. The monoisotopic (exact) mass is 428 g/mol. The summed E-state index contributed by atoms with van der Waals surface area (Å²) in [6.07, 6.45) is 4.01. The highest BCUT2D eigenvalue weighted by Crippen LogP contribution is 2.31. The van der Waals surface area contributed by atoms with Crippen molar-refractivity contribution in [3.05, 3.63) is 89.9 Å². The van der Waals surface area contributed by atoms with E-state index in [1.54, 1.807) is 24.1 Å². The first-order valence-corrected chi connectivity index (χ1v) is 10.5. The zero-order chi connectivity index (χ0) is 22.1. The number of aromatic nitrogens is 3. The quantitative estimate of drug-likeness (QED) is 0.467. The molecule has 0 atom stereocenters. The van der Waals surface area contributed by atoms with Crippen LogP contribution in [-0.4, -0.2) is 38.9 Å². The predicted octanol–water partition coefficient (Wildman–Crippen LogP) is 3.90. The van der Waals surface area contributed by atoms with E-state index in [0.29, 0.717) is 18.8 Å². The topological polar surface area (TPSA) is 61.5 Å². The molecule has 4 aromatic rings. The smallest absolute Gasteiger partial charge is 0.261 e. The number of hydrogen-bond donors (Lipinski definition) is 0. The fourth-order valence-corrected chi connectivity index (χ4v) is 4.00. The molecular formula is C25H24N4O3. The van der Waals surface area contributed by atoms with Crippen molar-refractivity contribution >= 4 is 5.91 Å². The van der Waals surface area contributed by atoms with Gasteiger partial charge in [0.15, 0.2) is 6.61 Å². The van der Waals surface area contributed by atoms with Crippen molar-refractivity contribution < 1.29 is 14.3 Å². The summed E-state index contributed by atoms with van der Waals surface area (Å²) in [5.74, 6) is 2.27. The van der Waals surface area contributed by atoms with E-state index in [2.05, 4.69) is 23.6 Å². The van der Waals surface area contributed by atoms with Gasteiger partial charge in [0.2, 0.25) is 0 Å². The number of para-hydroxylation sites is 1. The van der Waals surface area contributed by atoms with E-state index in [9.17, 15) is 4.79 Å². The van der Waals surface area contributed by atoms with Crippen LogP contribution in [0.15, 0.2) is 73.1 Å². The lowest BCUT2D eigenvalue weighted by Gasteiger charge is -2.18. The lowest BCUT2D eigenvalue weighted by molar-refractivity contribution is -0.134. The maximum atomic E-state index is 12.8. The molecule has 1 aliphatic heterocycles. The maximum Gasteiger partial charge on any atom is 0.261 e. The van der Waals surface area contributed by atoms with Crippen LogP contribution >= 0.6 is 0 Å². The van der Waals surface area contributed by atoms with Gasteiger partial charge in [-0.15, -0.1) is 0 Å². The number of carbonyl (C=O) groups is 1. The molecule has 0 saturated carbocycles. The molecule has 0 aliphatic carbocycles. The van der Waals surface area contributed by atoms with Crippen LogP contribution in [0.5, 0.6) is 11.5 Å². The molecule has 7 nitrogen and oxygen atoms in total. The van der Waals surface area contributed by atoms with Crippen molar-refractivity contribution in [2.24, 2.45) is 0 Å². The number of methoxy groups -OCH3 is 1. The van der Waals surface area contributed by atoms with Crippen LogP contribution in [-0.2, 0) is 17.9 Å². The minimum atomic E-state index is -0.0697. The second kappa shape index (κ2) is 8.26. The van der Waals surface area contributed by atoms with E-state index in [-0.39, 0.29) is 12.5 Å². The Bertz CT molecular complexity index is 1240. The molecule has 1 amide bonds. The summed E-state index contributed by atoms with van der Waals surface area (Å²) in [5.41, 5.74) is 4.14. The van der Waals surface area contributed by atoms with Crippen LogP contribution in [0, 0.1) is 6.92 Å². The van der Waals surface area contributed by atoms with Crippen LogP contribution in [0.25, 0.3) is 11.5 Å². The first kappa shape index (κ1) is 19.9. The summed E-state index contributed by atoms with van der Waals surface area (Å²) < 4.78 is 14.9. The SMILES string of the molecule is COc1ccc(OCC(=O)N2Cc3nn(-c4ccccc4C)c(-n4cccc4)c3C2)cc1. The van der Waals surface area contributed by atoms with Crippen LogP contribution in [0.3, 0.4) is 0 Å². The van der Waals surface area contributed by atoms with Crippen molar-refractivity contribution in [3.8, 4) is 23.0 Å². The summed E-state index contributed by atoms with van der Waals surface area (Å²) in [6.45, 7) is 3.02. The molecule has 32 heavy (non-hydrogen) atoms. The second-order valence-corrected chi connectivity index (χ2v) is 7.75. The van der Waals surface area contributed by atoms with Gasteiger partial charge in [-0.05, 0) is 55.0 Å². The summed E-state index contributed by atoms with van der Waals surface area (Å²) in [4.78, 5) is 14.6. The van der Waals surface area contributed by atoms with Crippen LogP contribution < -0.4 is 9.47 Å². The zero-order valence-corrected chi connectivity index (χ0v) is 18.1. The maximum absolute atomic E-state index is 12.8. The zero-order valence-electron chi connectivity index (χ0n) is 18.1. The predicted molar refractivity (Wildman–Crippen MR) is 120 cm³/mol. The van der Waals surface area contributed by atoms with E-state index in [1.165, 1.54) is 0 Å². The Balaban J connectivity index is 1.37. The van der Waals surface area contributed by atoms with Crippen LogP contribution in [0.2, 0.25) is 0 Å². The number of rotatable bonds is 6. The number of carbonyl (C=O) groups excluding carboxylic acids is 1. The first-order valence-electron chi connectivity index (χ1n) is 10.5. The summed E-state index contributed by atoms with van der Waals surface area (Å²) >= 11 is 0. The summed E-state index contributed by atoms with van der Waals surface area (Å²) in [6, 6.07) is 19.4. The van der Waals surface area contributed by atoms with Crippen molar-refractivity contribution in [3.63, 3.8) is 0 Å². The third-order valence-corrected chi connectivity index (χ3v) is 5.70. The van der Waals surface area contributed by atoms with Crippen LogP contribution in [0.1, 0.15) is 16.8 Å². The first-order chi connectivity index (χ1) is 15.6. The second-order valence-electron chi connectivity index (χ2n) is 7.75. The summed E-state index contributed by atoms with van der Waals surface area (Å²) in [5, 5.41) is 4.90. The molecule has 2 aromatic carbocycles. The molecule has 7 heteroatoms. The van der Waals surface area contributed by atoms with Crippen LogP contribution in [0.4, 0.5) is 0 Å². The van der Waals surface area contributed by atoms with Gasteiger partial charge in [0.25, 0.3) is 5.91 Å². The van der Waals surface area contributed by atoms with Crippen molar-refractivity contribution in [2.75, 3.05) is 13.7 Å². The molecule has 1 aliphatic rings. The number of nitrogens with zero attached hydrogens (tertiary/aromatic N) is 4. The molecule has 5 rings (SSSR count). The molecule has 0 bridgehead atoms. The Kier molecular flexibility index (Phi) is 5.15. The molecule has 3 heterocycles. The Morgan fingerprint density at radius 3 is 2.41 bits per heavy atom. The normalized spacial score (nSPS) is 12.6. The van der Waals surface area contributed by atoms with Crippen molar-refractivity contribution in [2.45, 2.75) is 20.0 Å². The fourth-order valence-electron chi connectivity index (χ4n) is 4.00. The number of aryl methyl sites for hydroxylation is 1. The lowest BCUT2D eigenvalue weighted by Crippen LogP contribution is -2.31. The van der Waals surface area contributed by atoms with E-state index in [4.69, 9.17) is 14.6 Å². The van der Waals surface area contributed by atoms with E-state index in [1.807, 2.05) is 53.5 Å². The Hall–Kier alpha value is -4.00. The van der Waals surface area contributed by atoms with Gasteiger partial charge in [-0.1, -0.05) is 18.2 Å². The highest BCUT2D eigenvalue weighted by Gasteiger charge is 2.31. The molecule has 162 valence electrons. The lowest BCUT2D eigenvalue weighted by atomic mass is 10.2. The van der Waals surface area contributed by atoms with Crippen molar-refractivity contribution in [1.29, 1.82) is 0 Å². The van der Waals surface area contributed by atoms with Crippen molar-refractivity contribution in [1.82, 2.24) is 19.2 Å². The average molecular weight is 428 g/mol. The third kappa shape index (κ3) is 3.62. The van der Waals surface area contributed by atoms with E-state index < -0.39 is 0 Å². The highest BCUT2D eigenvalue weighted by molar-refractivity contribution is 5.78. The molecule has 0 saturated heterocycles. The molecule has 0 fully saturated rings. The van der Waals surface area contributed by atoms with Gasteiger partial charge in [0, 0.05) is 18.0 Å². The number of fused-ring (bicyclic) bond motifs is 1. The molecule has 0 unspecified atom stereocenters. The molecular weight excluding hydrogens is 404 g/mol. The van der Waals surface area contributed by atoms with Gasteiger partial charge >= 0.3 is 0 Å². The minimum Gasteiger partial charge on any atom is -0.497 e. The van der Waals surface area contributed by atoms with E-state index >= 15 is 0 Å². The number of amides is 1. The van der Waals surface area contributed by atoms with Gasteiger partial charge in [-0.2, -0.15) is 5.10 Å². The van der Waals surface area contributed by atoms with Gasteiger partial charge in [-0.25, -0.2) is 4.68 Å². The number of benzene rings is 2. The third-order valence-electron chi connectivity index (χ3n) is 5.70. The van der Waals surface area contributed by atoms with Gasteiger partial charge in [0.05, 0.1) is 31.6 Å². The standard InChI is InChI=1S/C25H24N4O3/c1-18-7-3-4-8-23(18)29-25(27-13-5-6-14-27)21-15-28(16-22(21)26-29)24(30)17-32-20-11-9-19(31-2)10-12-20/h3-14H,15-17H2,1-2H3. The molecule has 0 N–H and O–H groups in total. The Morgan fingerprint density at radius 2 is 1.69 bits per heavy atom. The molecule has 0 radical (unpaired) electrons. The average Bonchev–Trinajstić information content (AvgIpc) is 3.54. The van der Waals surface area contributed by atoms with Gasteiger partial charge < -0.3 is 18.9 Å². The number of ether oxygens (including phenoxy) is 2. The largest absolute Gasteiger partial charge is 0.497 e. The number of hydrogen-bond acceptors (Lipinski definition) is 4. The Morgan fingerprint density at radius 1 is 0.969 bits per heavy atom. The molecule has 0 spiro atoms. The fraction of sp³-hybridized carbons (Fsp3) is 0.200. The van der Waals surface area contributed by atoms with Gasteiger partial charge in [0.1, 0.15) is 17.3 Å². The summed E-state index contributed by atoms with van der Waals surface area (Å²) in [7, 11) is 1.61. The minimum absolute atomic E-state index is 0.0206.